The van der Waals surface area contributed by atoms with Crippen LogP contribution in [-0.2, 0) is 9.53 Å². The van der Waals surface area contributed by atoms with Crippen LogP contribution in [0.3, 0.4) is 0 Å². The van der Waals surface area contributed by atoms with Gasteiger partial charge in [-0.05, 0) is 31.7 Å². The standard InChI is InChI=1S/C18H28N4O3/c1-6-25-17(24)13-7-9-22(10-8-13)16(23)15-11-14(12(2)3)19-18(20-15)21(4)5/h11-13H,6-10H2,1-5H3. The Hall–Kier alpha value is -2.18. The molecule has 0 atom stereocenters. The van der Waals surface area contributed by atoms with Crippen LogP contribution >= 0.6 is 0 Å². The van der Waals surface area contributed by atoms with E-state index in [4.69, 9.17) is 4.74 Å². The van der Waals surface area contributed by atoms with Crippen molar-refractivity contribution in [3.8, 4) is 0 Å². The van der Waals surface area contributed by atoms with E-state index in [-0.39, 0.29) is 23.7 Å². The van der Waals surface area contributed by atoms with Crippen LogP contribution in [0.15, 0.2) is 6.07 Å². The molecule has 1 fully saturated rings. The van der Waals surface area contributed by atoms with Crippen LogP contribution < -0.4 is 4.90 Å². The third kappa shape index (κ3) is 4.67. The zero-order chi connectivity index (χ0) is 18.6. The Morgan fingerprint density at radius 2 is 1.92 bits per heavy atom. The Morgan fingerprint density at radius 3 is 2.44 bits per heavy atom. The fraction of sp³-hybridized carbons (Fsp3) is 0.667. The Morgan fingerprint density at radius 1 is 1.28 bits per heavy atom. The summed E-state index contributed by atoms with van der Waals surface area (Å²) in [5.74, 6) is 0.375. The van der Waals surface area contributed by atoms with Crippen molar-refractivity contribution >= 4 is 17.8 Å². The van der Waals surface area contributed by atoms with Crippen LogP contribution in [0.5, 0.6) is 0 Å². The number of carbonyl (C=O) groups excluding carboxylic acids is 2. The number of hydrogen-bond acceptors (Lipinski definition) is 6. The number of likely N-dealkylation sites (tertiary alicyclic amines) is 1. The average molecular weight is 348 g/mol. The molecule has 25 heavy (non-hydrogen) atoms. The number of piperidine rings is 1. The SMILES string of the molecule is CCOC(=O)C1CCN(C(=O)c2cc(C(C)C)nc(N(C)C)n2)CC1. The highest BCUT2D eigenvalue weighted by Gasteiger charge is 2.29. The summed E-state index contributed by atoms with van der Waals surface area (Å²) in [7, 11) is 3.72. The second kappa shape index (κ2) is 8.27. The van der Waals surface area contributed by atoms with Gasteiger partial charge in [0, 0.05) is 32.9 Å². The first-order chi connectivity index (χ1) is 11.8. The molecule has 1 amide bonds. The molecule has 0 saturated carbocycles. The van der Waals surface area contributed by atoms with Crippen LogP contribution in [0, 0.1) is 5.92 Å². The van der Waals surface area contributed by atoms with Crippen LogP contribution in [0.25, 0.3) is 0 Å². The summed E-state index contributed by atoms with van der Waals surface area (Å²) in [4.78, 5) is 37.2. The average Bonchev–Trinajstić information content (AvgIpc) is 2.61. The molecule has 7 nitrogen and oxygen atoms in total. The first kappa shape index (κ1) is 19.1. The van der Waals surface area contributed by atoms with Gasteiger partial charge in [0.05, 0.1) is 12.5 Å². The number of amides is 1. The molecule has 0 N–H and O–H groups in total. The van der Waals surface area contributed by atoms with Gasteiger partial charge in [-0.2, -0.15) is 0 Å². The molecule has 7 heteroatoms. The minimum Gasteiger partial charge on any atom is -0.466 e. The minimum atomic E-state index is -0.159. The van der Waals surface area contributed by atoms with E-state index < -0.39 is 0 Å². The summed E-state index contributed by atoms with van der Waals surface area (Å²) >= 11 is 0. The van der Waals surface area contributed by atoms with E-state index >= 15 is 0 Å². The number of esters is 1. The Labute approximate surface area is 149 Å². The molecule has 0 aromatic carbocycles. The number of anilines is 1. The zero-order valence-electron chi connectivity index (χ0n) is 15.8. The van der Waals surface area contributed by atoms with E-state index in [9.17, 15) is 9.59 Å². The Kier molecular flexibility index (Phi) is 6.33. The van der Waals surface area contributed by atoms with Crippen LogP contribution in [0.1, 0.15) is 55.7 Å². The fourth-order valence-corrected chi connectivity index (χ4v) is 2.80. The molecule has 138 valence electrons. The molecule has 2 rings (SSSR count). The summed E-state index contributed by atoms with van der Waals surface area (Å²) in [6.07, 6.45) is 1.26. The van der Waals surface area contributed by atoms with E-state index in [1.54, 1.807) is 22.8 Å². The van der Waals surface area contributed by atoms with E-state index in [0.717, 1.165) is 5.69 Å². The maximum absolute atomic E-state index is 12.9. The van der Waals surface area contributed by atoms with Crippen LogP contribution in [0.4, 0.5) is 5.95 Å². The zero-order valence-corrected chi connectivity index (χ0v) is 15.8. The molecule has 0 bridgehead atoms. The number of carbonyl (C=O) groups is 2. The number of rotatable bonds is 5. The highest BCUT2D eigenvalue weighted by molar-refractivity contribution is 5.93. The lowest BCUT2D eigenvalue weighted by molar-refractivity contribution is -0.149. The van der Waals surface area contributed by atoms with Crippen molar-refractivity contribution in [1.29, 1.82) is 0 Å². The van der Waals surface area contributed by atoms with Gasteiger partial charge in [0.15, 0.2) is 0 Å². The van der Waals surface area contributed by atoms with Crippen molar-refractivity contribution in [2.75, 3.05) is 38.7 Å². The summed E-state index contributed by atoms with van der Waals surface area (Å²) in [6, 6.07) is 1.78. The maximum Gasteiger partial charge on any atom is 0.309 e. The molecule has 0 unspecified atom stereocenters. The second-order valence-electron chi connectivity index (χ2n) is 6.85. The number of hydrogen-bond donors (Lipinski definition) is 0. The molecule has 1 aromatic heterocycles. The molecule has 1 saturated heterocycles. The molecular weight excluding hydrogens is 320 g/mol. The molecule has 0 aliphatic carbocycles. The summed E-state index contributed by atoms with van der Waals surface area (Å²) in [5, 5.41) is 0. The topological polar surface area (TPSA) is 75.6 Å². The van der Waals surface area contributed by atoms with E-state index in [1.807, 2.05) is 27.9 Å². The van der Waals surface area contributed by atoms with Gasteiger partial charge in [0.25, 0.3) is 5.91 Å². The van der Waals surface area contributed by atoms with Gasteiger partial charge in [-0.15, -0.1) is 0 Å². The number of nitrogens with zero attached hydrogens (tertiary/aromatic N) is 4. The largest absolute Gasteiger partial charge is 0.466 e. The molecule has 0 radical (unpaired) electrons. The first-order valence-electron chi connectivity index (χ1n) is 8.85. The second-order valence-corrected chi connectivity index (χ2v) is 6.85. The van der Waals surface area contributed by atoms with Gasteiger partial charge >= 0.3 is 5.97 Å². The predicted octanol–water partition coefficient (Wildman–Crippen LogP) is 2.08. The normalized spacial score (nSPS) is 15.4. The molecular formula is C18H28N4O3. The summed E-state index contributed by atoms with van der Waals surface area (Å²) in [6.45, 7) is 7.37. The van der Waals surface area contributed by atoms with Crippen molar-refractivity contribution in [3.63, 3.8) is 0 Å². The van der Waals surface area contributed by atoms with Gasteiger partial charge in [0.2, 0.25) is 5.95 Å². The fourth-order valence-electron chi connectivity index (χ4n) is 2.80. The molecule has 1 aliphatic rings. The van der Waals surface area contributed by atoms with Gasteiger partial charge in [-0.1, -0.05) is 13.8 Å². The van der Waals surface area contributed by atoms with Crippen molar-refractivity contribution in [2.24, 2.45) is 5.92 Å². The molecule has 1 aliphatic heterocycles. The monoisotopic (exact) mass is 348 g/mol. The van der Waals surface area contributed by atoms with Gasteiger partial charge in [-0.25, -0.2) is 9.97 Å². The predicted molar refractivity (Wildman–Crippen MR) is 95.7 cm³/mol. The van der Waals surface area contributed by atoms with Crippen LogP contribution in [0.2, 0.25) is 0 Å². The lowest BCUT2D eigenvalue weighted by Crippen LogP contribution is -2.41. The minimum absolute atomic E-state index is 0.102. The molecule has 0 spiro atoms. The lowest BCUT2D eigenvalue weighted by atomic mass is 9.96. The summed E-state index contributed by atoms with van der Waals surface area (Å²) < 4.78 is 5.08. The van der Waals surface area contributed by atoms with Crippen molar-refractivity contribution < 1.29 is 14.3 Å². The molecule has 2 heterocycles. The van der Waals surface area contributed by atoms with Gasteiger partial charge in [-0.3, -0.25) is 9.59 Å². The molecule has 1 aromatic rings. The summed E-state index contributed by atoms with van der Waals surface area (Å²) in [5.41, 5.74) is 1.26. The van der Waals surface area contributed by atoms with Crippen molar-refractivity contribution in [1.82, 2.24) is 14.9 Å². The van der Waals surface area contributed by atoms with Crippen molar-refractivity contribution in [2.45, 2.75) is 39.5 Å². The first-order valence-corrected chi connectivity index (χ1v) is 8.85. The van der Waals surface area contributed by atoms with E-state index in [0.29, 0.717) is 44.2 Å². The highest BCUT2D eigenvalue weighted by atomic mass is 16.5. The lowest BCUT2D eigenvalue weighted by Gasteiger charge is -2.30. The number of aromatic nitrogens is 2. The Balaban J connectivity index is 2.12. The number of ether oxygens (including phenoxy) is 1. The van der Waals surface area contributed by atoms with Crippen molar-refractivity contribution in [3.05, 3.63) is 17.5 Å². The van der Waals surface area contributed by atoms with E-state index in [2.05, 4.69) is 9.97 Å². The van der Waals surface area contributed by atoms with E-state index in [1.165, 1.54) is 0 Å². The maximum atomic E-state index is 12.9. The third-order valence-electron chi connectivity index (χ3n) is 4.35. The Bertz CT molecular complexity index is 596. The smallest absolute Gasteiger partial charge is 0.309 e. The van der Waals surface area contributed by atoms with Gasteiger partial charge < -0.3 is 14.5 Å². The highest BCUT2D eigenvalue weighted by Crippen LogP contribution is 2.22. The quantitative estimate of drug-likeness (QED) is 0.759. The van der Waals surface area contributed by atoms with Gasteiger partial charge in [0.1, 0.15) is 5.69 Å². The van der Waals surface area contributed by atoms with Crippen LogP contribution in [-0.4, -0.2) is 60.5 Å². The third-order valence-corrected chi connectivity index (χ3v) is 4.35.